The van der Waals surface area contributed by atoms with Crippen molar-refractivity contribution in [2.24, 2.45) is 5.41 Å². The average Bonchev–Trinajstić information content (AvgIpc) is 2.08. The van der Waals surface area contributed by atoms with Gasteiger partial charge in [0.2, 0.25) is 0 Å². The predicted molar refractivity (Wildman–Crippen MR) is 69.7 cm³/mol. The molecular formula is C13H19BrO3. The van der Waals surface area contributed by atoms with Gasteiger partial charge in [-0.2, -0.15) is 0 Å². The van der Waals surface area contributed by atoms with E-state index in [-0.39, 0.29) is 17.5 Å². The molecule has 0 amide bonds. The second kappa shape index (κ2) is 4.97. The van der Waals surface area contributed by atoms with Crippen molar-refractivity contribution >= 4 is 21.9 Å². The van der Waals surface area contributed by atoms with E-state index in [0.717, 1.165) is 5.57 Å². The van der Waals surface area contributed by atoms with Crippen molar-refractivity contribution in [3.63, 3.8) is 0 Å². The van der Waals surface area contributed by atoms with E-state index >= 15 is 0 Å². The molecule has 0 spiro atoms. The Balaban J connectivity index is 3.05. The Hall–Kier alpha value is -0.570. The summed E-state index contributed by atoms with van der Waals surface area (Å²) in [7, 11) is 0. The van der Waals surface area contributed by atoms with E-state index in [9.17, 15) is 9.90 Å². The summed E-state index contributed by atoms with van der Waals surface area (Å²) in [4.78, 5) is 12.6. The molecule has 96 valence electrons. The Morgan fingerprint density at radius 2 is 2.12 bits per heavy atom. The van der Waals surface area contributed by atoms with E-state index in [1.165, 1.54) is 6.92 Å². The number of aliphatic hydroxyl groups is 1. The summed E-state index contributed by atoms with van der Waals surface area (Å²) in [5.74, 6) is -0.301. The van der Waals surface area contributed by atoms with Crippen LogP contribution in [0.15, 0.2) is 16.3 Å². The predicted octanol–water partition coefficient (Wildman–Crippen LogP) is 2.92. The van der Waals surface area contributed by atoms with Crippen LogP contribution in [0.2, 0.25) is 0 Å². The lowest BCUT2D eigenvalue weighted by molar-refractivity contribution is -0.152. The molecule has 1 N–H and O–H groups in total. The SMILES string of the molecule is CC(=O)O[C@H]1CC(C)(C)C(=C=CBr)[C@](C)(O)C1. The van der Waals surface area contributed by atoms with Gasteiger partial charge in [-0.25, -0.2) is 0 Å². The smallest absolute Gasteiger partial charge is 0.302 e. The molecule has 0 heterocycles. The monoisotopic (exact) mass is 302 g/mol. The van der Waals surface area contributed by atoms with Crippen LogP contribution in [0.3, 0.4) is 0 Å². The topological polar surface area (TPSA) is 46.5 Å². The van der Waals surface area contributed by atoms with Crippen LogP contribution in [0.4, 0.5) is 0 Å². The Kier molecular flexibility index (Phi) is 4.23. The number of carbonyl (C=O) groups excluding carboxylic acids is 1. The number of hydrogen-bond acceptors (Lipinski definition) is 3. The first-order valence-corrected chi connectivity index (χ1v) is 6.56. The van der Waals surface area contributed by atoms with Gasteiger partial charge < -0.3 is 9.84 Å². The van der Waals surface area contributed by atoms with E-state index in [2.05, 4.69) is 21.7 Å². The molecule has 0 bridgehead atoms. The van der Waals surface area contributed by atoms with E-state index < -0.39 is 5.60 Å². The fourth-order valence-corrected chi connectivity index (χ4v) is 2.97. The minimum Gasteiger partial charge on any atom is -0.462 e. The number of esters is 1. The first-order chi connectivity index (χ1) is 7.69. The number of halogens is 1. The van der Waals surface area contributed by atoms with E-state index in [1.54, 1.807) is 11.9 Å². The molecule has 3 nitrogen and oxygen atoms in total. The summed E-state index contributed by atoms with van der Waals surface area (Å²) >= 11 is 3.19. The average molecular weight is 303 g/mol. The highest BCUT2D eigenvalue weighted by atomic mass is 79.9. The molecule has 0 unspecified atom stereocenters. The van der Waals surface area contributed by atoms with Crippen LogP contribution in [-0.4, -0.2) is 22.8 Å². The minimum absolute atomic E-state index is 0.238. The highest BCUT2D eigenvalue weighted by Crippen LogP contribution is 2.46. The molecule has 1 fully saturated rings. The summed E-state index contributed by atoms with van der Waals surface area (Å²) in [6, 6.07) is 0. The van der Waals surface area contributed by atoms with Gasteiger partial charge >= 0.3 is 5.97 Å². The largest absolute Gasteiger partial charge is 0.462 e. The van der Waals surface area contributed by atoms with Gasteiger partial charge in [-0.1, -0.05) is 29.8 Å². The molecule has 0 aromatic carbocycles. The number of ether oxygens (including phenoxy) is 1. The van der Waals surface area contributed by atoms with E-state index in [0.29, 0.717) is 12.8 Å². The van der Waals surface area contributed by atoms with Gasteiger partial charge in [-0.05, 0) is 18.8 Å². The van der Waals surface area contributed by atoms with Crippen LogP contribution < -0.4 is 0 Å². The minimum atomic E-state index is -0.994. The van der Waals surface area contributed by atoms with Gasteiger partial charge in [0.25, 0.3) is 0 Å². The highest BCUT2D eigenvalue weighted by molar-refractivity contribution is 9.11. The lowest BCUT2D eigenvalue weighted by Crippen LogP contribution is -2.46. The normalized spacial score (nSPS) is 31.6. The molecule has 17 heavy (non-hydrogen) atoms. The molecule has 2 atom stereocenters. The zero-order valence-corrected chi connectivity index (χ0v) is 12.3. The summed E-state index contributed by atoms with van der Waals surface area (Å²) in [5.41, 5.74) is 2.66. The first kappa shape index (κ1) is 14.5. The van der Waals surface area contributed by atoms with Crippen molar-refractivity contribution < 1.29 is 14.6 Å². The molecule has 1 rings (SSSR count). The molecule has 1 saturated carbocycles. The maximum absolute atomic E-state index is 11.0. The molecule has 0 saturated heterocycles. The van der Waals surface area contributed by atoms with Gasteiger partial charge in [-0.15, -0.1) is 5.73 Å². The highest BCUT2D eigenvalue weighted by Gasteiger charge is 2.45. The number of carbonyl (C=O) groups is 1. The second-order valence-corrected chi connectivity index (χ2v) is 5.88. The summed E-state index contributed by atoms with van der Waals surface area (Å²) in [6.45, 7) is 7.18. The van der Waals surface area contributed by atoms with Crippen LogP contribution in [0.25, 0.3) is 0 Å². The number of hydrogen-bond donors (Lipinski definition) is 1. The first-order valence-electron chi connectivity index (χ1n) is 5.65. The van der Waals surface area contributed by atoms with E-state index in [4.69, 9.17) is 4.74 Å². The van der Waals surface area contributed by atoms with Gasteiger partial charge in [0.15, 0.2) is 0 Å². The van der Waals surface area contributed by atoms with Crippen LogP contribution >= 0.6 is 15.9 Å². The third-order valence-electron chi connectivity index (χ3n) is 3.11. The maximum Gasteiger partial charge on any atom is 0.302 e. The summed E-state index contributed by atoms with van der Waals surface area (Å²) in [6.07, 6.45) is 0.879. The molecular weight excluding hydrogens is 284 g/mol. The second-order valence-electron chi connectivity index (χ2n) is 5.43. The molecule has 1 aliphatic carbocycles. The summed E-state index contributed by atoms with van der Waals surface area (Å²) in [5, 5.41) is 10.5. The van der Waals surface area contributed by atoms with Crippen molar-refractivity contribution in [3.05, 3.63) is 16.3 Å². The van der Waals surface area contributed by atoms with Crippen molar-refractivity contribution in [3.8, 4) is 0 Å². The van der Waals surface area contributed by atoms with Crippen molar-refractivity contribution in [2.75, 3.05) is 0 Å². The zero-order valence-electron chi connectivity index (χ0n) is 10.7. The fraction of sp³-hybridized carbons (Fsp3) is 0.692. The van der Waals surface area contributed by atoms with Crippen LogP contribution in [0.5, 0.6) is 0 Å². The Bertz CT molecular complexity index is 356. The molecule has 0 aromatic heterocycles. The Morgan fingerprint density at radius 3 is 2.53 bits per heavy atom. The molecule has 4 heteroatoms. The molecule has 1 aliphatic rings. The standard InChI is InChI=1S/C13H19BrO3/c1-9(15)17-10-7-12(2,3)11(5-6-14)13(4,16)8-10/h6,10,16H,7-8H2,1-4H3/t5?,10-,13+/m0/s1. The van der Waals surface area contributed by atoms with Gasteiger partial charge in [0.05, 0.1) is 5.60 Å². The van der Waals surface area contributed by atoms with E-state index in [1.807, 2.05) is 13.8 Å². The molecule has 0 radical (unpaired) electrons. The lowest BCUT2D eigenvalue weighted by atomic mass is 9.65. The van der Waals surface area contributed by atoms with Gasteiger partial charge in [-0.3, -0.25) is 4.79 Å². The maximum atomic E-state index is 11.0. The van der Waals surface area contributed by atoms with Crippen LogP contribution in [0, 0.1) is 5.41 Å². The fourth-order valence-electron chi connectivity index (χ4n) is 2.74. The summed E-state index contributed by atoms with van der Waals surface area (Å²) < 4.78 is 5.23. The van der Waals surface area contributed by atoms with Crippen molar-refractivity contribution in [2.45, 2.75) is 52.2 Å². The zero-order chi connectivity index (χ0) is 13.3. The number of rotatable bonds is 1. The third-order valence-corrected chi connectivity index (χ3v) is 3.34. The quantitative estimate of drug-likeness (QED) is 0.598. The van der Waals surface area contributed by atoms with Gasteiger partial charge in [0.1, 0.15) is 6.10 Å². The Labute approximate surface area is 111 Å². The van der Waals surface area contributed by atoms with Crippen molar-refractivity contribution in [1.82, 2.24) is 0 Å². The molecule has 0 aliphatic heterocycles. The lowest BCUT2D eigenvalue weighted by Gasteiger charge is -2.44. The van der Waals surface area contributed by atoms with Gasteiger partial charge in [0, 0.05) is 23.9 Å². The Morgan fingerprint density at radius 1 is 1.53 bits per heavy atom. The third kappa shape index (κ3) is 3.44. The molecule has 0 aromatic rings. The van der Waals surface area contributed by atoms with Crippen LogP contribution in [-0.2, 0) is 9.53 Å². The van der Waals surface area contributed by atoms with Crippen LogP contribution in [0.1, 0.15) is 40.5 Å². The van der Waals surface area contributed by atoms with Crippen molar-refractivity contribution in [1.29, 1.82) is 0 Å².